The molecule has 0 aliphatic carbocycles. The first-order valence-corrected chi connectivity index (χ1v) is 17.1. The summed E-state index contributed by atoms with van der Waals surface area (Å²) in [5.41, 5.74) is 0. The lowest BCUT2D eigenvalue weighted by Gasteiger charge is -2.36. The third kappa shape index (κ3) is 6.74. The van der Waals surface area contributed by atoms with Gasteiger partial charge < -0.3 is 14.2 Å². The van der Waals surface area contributed by atoms with Gasteiger partial charge in [-0.1, -0.05) is 41.5 Å². The molecule has 0 fully saturated rings. The Labute approximate surface area is 181 Å². The third-order valence-electron chi connectivity index (χ3n) is 7.28. The molecular weight excluding hydrogens is 394 g/mol. The van der Waals surface area contributed by atoms with Gasteiger partial charge in [-0.2, -0.15) is 0 Å². The van der Waals surface area contributed by atoms with E-state index >= 15 is 0 Å². The second-order valence-corrected chi connectivity index (χ2v) is 21.4. The zero-order valence-electron chi connectivity index (χ0n) is 20.6. The average molecular weight is 440 g/mol. The van der Waals surface area contributed by atoms with Gasteiger partial charge in [0.25, 0.3) is 0 Å². The van der Waals surface area contributed by atoms with Gasteiger partial charge in [-0.3, -0.25) is 9.98 Å². The van der Waals surface area contributed by atoms with Gasteiger partial charge in [0.15, 0.2) is 16.6 Å². The van der Waals surface area contributed by atoms with Gasteiger partial charge in [-0.15, -0.1) is 0 Å². The van der Waals surface area contributed by atoms with Crippen molar-refractivity contribution >= 4 is 28.3 Å². The van der Waals surface area contributed by atoms with Gasteiger partial charge in [0.05, 0.1) is 25.3 Å². The van der Waals surface area contributed by atoms with Crippen LogP contribution in [0.3, 0.4) is 0 Å². The van der Waals surface area contributed by atoms with E-state index in [0.717, 1.165) is 50.6 Å². The van der Waals surface area contributed by atoms with Gasteiger partial charge >= 0.3 is 0 Å². The van der Waals surface area contributed by atoms with Crippen LogP contribution in [-0.2, 0) is 8.85 Å². The molecule has 0 aromatic carbocycles. The molecule has 7 heteroatoms. The molecule has 29 heavy (non-hydrogen) atoms. The maximum Gasteiger partial charge on any atom is 0.192 e. The highest BCUT2D eigenvalue weighted by atomic mass is 28.4. The number of amidine groups is 2. The third-order valence-corrected chi connectivity index (χ3v) is 16.3. The fraction of sp³-hybridized carbons (Fsp3) is 0.909. The van der Waals surface area contributed by atoms with Gasteiger partial charge in [0.1, 0.15) is 11.7 Å². The second kappa shape index (κ2) is 8.93. The van der Waals surface area contributed by atoms with Crippen molar-refractivity contribution in [3.05, 3.63) is 0 Å². The Balaban J connectivity index is 1.82. The first-order chi connectivity index (χ1) is 13.1. The summed E-state index contributed by atoms with van der Waals surface area (Å²) in [4.78, 5) is 9.75. The number of nitrogens with zero attached hydrogens (tertiary/aromatic N) is 2. The Morgan fingerprint density at radius 1 is 0.759 bits per heavy atom. The molecule has 1 N–H and O–H groups in total. The van der Waals surface area contributed by atoms with Gasteiger partial charge in [0, 0.05) is 12.8 Å². The summed E-state index contributed by atoms with van der Waals surface area (Å²) in [5.74, 6) is 2.16. The van der Waals surface area contributed by atoms with Crippen LogP contribution in [0, 0.1) is 0 Å². The van der Waals surface area contributed by atoms with Crippen molar-refractivity contribution in [2.24, 2.45) is 9.98 Å². The molecule has 2 atom stereocenters. The van der Waals surface area contributed by atoms with Crippen molar-refractivity contribution < 1.29 is 8.85 Å². The van der Waals surface area contributed by atoms with Crippen molar-refractivity contribution in [3.8, 4) is 0 Å². The van der Waals surface area contributed by atoms with Gasteiger partial charge in [-0.25, -0.2) is 0 Å². The number of nitrogens with one attached hydrogen (secondary N) is 1. The van der Waals surface area contributed by atoms with Crippen LogP contribution < -0.4 is 5.32 Å². The fourth-order valence-electron chi connectivity index (χ4n) is 2.95. The summed E-state index contributed by atoms with van der Waals surface area (Å²) >= 11 is 0. The van der Waals surface area contributed by atoms with Crippen molar-refractivity contribution in [1.82, 2.24) is 5.32 Å². The van der Waals surface area contributed by atoms with Crippen LogP contribution in [0.2, 0.25) is 36.3 Å². The maximum absolute atomic E-state index is 6.37. The van der Waals surface area contributed by atoms with E-state index < -0.39 is 16.6 Å². The minimum atomic E-state index is -1.70. The molecule has 168 valence electrons. The minimum Gasteiger partial charge on any atom is -0.415 e. The Hall–Kier alpha value is -0.506. The van der Waals surface area contributed by atoms with E-state index in [2.05, 4.69) is 73.0 Å². The van der Waals surface area contributed by atoms with Crippen LogP contribution in [0.1, 0.15) is 67.2 Å². The molecule has 0 spiro atoms. The first-order valence-electron chi connectivity index (χ1n) is 11.3. The Morgan fingerprint density at radius 3 is 1.41 bits per heavy atom. The predicted molar refractivity (Wildman–Crippen MR) is 130 cm³/mol. The lowest BCUT2D eigenvalue weighted by atomic mass is 10.2. The summed E-state index contributed by atoms with van der Waals surface area (Å²) in [6.07, 6.45) is 4.13. The summed E-state index contributed by atoms with van der Waals surface area (Å²) in [5, 5.41) is 4.00. The Kier molecular flexibility index (Phi) is 7.62. The number of hydrogen-bond acceptors (Lipinski definition) is 5. The number of aliphatic imine (C=N–C) groups is 2. The smallest absolute Gasteiger partial charge is 0.192 e. The molecular formula is C22H45N3O2Si2. The Morgan fingerprint density at radius 2 is 1.10 bits per heavy atom. The summed E-state index contributed by atoms with van der Waals surface area (Å²) in [6.45, 7) is 24.4. The van der Waals surface area contributed by atoms with E-state index in [1.54, 1.807) is 0 Å². The zero-order chi connectivity index (χ0) is 22.1. The predicted octanol–water partition coefficient (Wildman–Crippen LogP) is 5.74. The average Bonchev–Trinajstić information content (AvgIpc) is 3.19. The number of rotatable bonds is 6. The van der Waals surface area contributed by atoms with Gasteiger partial charge in [-0.05, 0) is 49.1 Å². The lowest BCUT2D eigenvalue weighted by molar-refractivity contribution is 0.263. The molecule has 0 bridgehead atoms. The van der Waals surface area contributed by atoms with Gasteiger partial charge in [0.2, 0.25) is 0 Å². The number of hydrogen-bond donors (Lipinski definition) is 1. The maximum atomic E-state index is 6.37. The molecule has 0 unspecified atom stereocenters. The molecule has 0 saturated carbocycles. The van der Waals surface area contributed by atoms with Crippen molar-refractivity contribution in [2.75, 3.05) is 13.2 Å². The highest BCUT2D eigenvalue weighted by Crippen LogP contribution is 2.37. The molecule has 5 nitrogen and oxygen atoms in total. The SMILES string of the molecule is CC(C)(C)[Si](C)(C)OC[C@@H]1CCC(NC2=N[C@H](CO[Si](C)(C)C(C)(C)C)CC2)=N1. The summed E-state index contributed by atoms with van der Waals surface area (Å²) in [7, 11) is -3.40. The molecule has 0 radical (unpaired) electrons. The standard InChI is InChI=1S/C22H45N3O2Si2/c1-21(2,3)28(7,8)26-15-17-11-13-19(23-17)25-20-14-12-18(24-20)16-27-29(9,10)22(4,5)6/h17-18H,11-16H2,1-10H3,(H,23,24,25)/t17-,18-/m0/s1. The molecule has 2 aliphatic heterocycles. The molecule has 0 aromatic heterocycles. The second-order valence-electron chi connectivity index (χ2n) is 11.8. The van der Waals surface area contributed by atoms with Crippen molar-refractivity contribution in [1.29, 1.82) is 0 Å². The van der Waals surface area contributed by atoms with Crippen LogP contribution in [0.25, 0.3) is 0 Å². The summed E-state index contributed by atoms with van der Waals surface area (Å²) in [6, 6.07) is 0.567. The highest BCUT2D eigenvalue weighted by Gasteiger charge is 2.39. The largest absolute Gasteiger partial charge is 0.415 e. The monoisotopic (exact) mass is 439 g/mol. The van der Waals surface area contributed by atoms with Crippen LogP contribution in [0.5, 0.6) is 0 Å². The molecule has 2 rings (SSSR count). The van der Waals surface area contributed by atoms with Crippen LogP contribution in [0.4, 0.5) is 0 Å². The zero-order valence-corrected chi connectivity index (χ0v) is 22.6. The van der Waals surface area contributed by atoms with E-state index in [0.29, 0.717) is 0 Å². The van der Waals surface area contributed by atoms with Crippen molar-refractivity contribution in [2.45, 2.75) is 116 Å². The minimum absolute atomic E-state index is 0.247. The fourth-order valence-corrected chi connectivity index (χ4v) is 5.03. The topological polar surface area (TPSA) is 55.2 Å². The first kappa shape index (κ1) is 24.8. The molecule has 2 heterocycles. The van der Waals surface area contributed by atoms with Crippen LogP contribution in [-0.4, -0.2) is 53.6 Å². The van der Waals surface area contributed by atoms with E-state index in [1.165, 1.54) is 0 Å². The Bertz CT molecular complexity index is 577. The highest BCUT2D eigenvalue weighted by molar-refractivity contribution is 6.74. The molecule has 2 aliphatic rings. The molecule has 0 aromatic rings. The summed E-state index contributed by atoms with van der Waals surface area (Å²) < 4.78 is 12.7. The molecule has 0 saturated heterocycles. The molecule has 0 amide bonds. The van der Waals surface area contributed by atoms with E-state index in [1.807, 2.05) is 0 Å². The van der Waals surface area contributed by atoms with Crippen LogP contribution in [0.15, 0.2) is 9.98 Å². The normalized spacial score (nSPS) is 23.9. The lowest BCUT2D eigenvalue weighted by Crippen LogP contribution is -2.42. The quantitative estimate of drug-likeness (QED) is 0.537. The van der Waals surface area contributed by atoms with E-state index in [9.17, 15) is 0 Å². The van der Waals surface area contributed by atoms with E-state index in [4.69, 9.17) is 18.8 Å². The van der Waals surface area contributed by atoms with E-state index in [-0.39, 0.29) is 22.2 Å². The van der Waals surface area contributed by atoms with Crippen LogP contribution >= 0.6 is 0 Å². The van der Waals surface area contributed by atoms with Crippen molar-refractivity contribution in [3.63, 3.8) is 0 Å².